The molecule has 0 aromatic heterocycles. The van der Waals surface area contributed by atoms with Crippen molar-refractivity contribution in [2.24, 2.45) is 5.92 Å². The van der Waals surface area contributed by atoms with Crippen molar-refractivity contribution in [1.82, 2.24) is 5.32 Å². The van der Waals surface area contributed by atoms with Crippen LogP contribution in [0, 0.1) is 5.92 Å². The van der Waals surface area contributed by atoms with Crippen LogP contribution in [0.5, 0.6) is 0 Å². The van der Waals surface area contributed by atoms with Crippen molar-refractivity contribution >= 4 is 23.2 Å². The maximum atomic E-state index is 6.04. The molecule has 1 N–H and O–H groups in total. The van der Waals surface area contributed by atoms with E-state index in [-0.39, 0.29) is 10.8 Å². The maximum Gasteiger partial charge on any atom is 0.0502 e. The van der Waals surface area contributed by atoms with Gasteiger partial charge in [0.15, 0.2) is 0 Å². The molecule has 1 rings (SSSR count). The summed E-state index contributed by atoms with van der Waals surface area (Å²) in [6, 6.07) is 0. The highest BCUT2D eigenvalue weighted by molar-refractivity contribution is 6.30. The Labute approximate surface area is 78.4 Å². The van der Waals surface area contributed by atoms with Gasteiger partial charge in [0.1, 0.15) is 0 Å². The molecule has 0 bridgehead atoms. The molecule has 0 spiro atoms. The van der Waals surface area contributed by atoms with Crippen LogP contribution >= 0.6 is 23.2 Å². The van der Waals surface area contributed by atoms with Crippen LogP contribution in [0.4, 0.5) is 0 Å². The van der Waals surface area contributed by atoms with Crippen molar-refractivity contribution in [3.05, 3.63) is 0 Å². The summed E-state index contributed by atoms with van der Waals surface area (Å²) in [5.41, 5.74) is 0. The molecule has 3 atom stereocenters. The summed E-state index contributed by atoms with van der Waals surface area (Å²) < 4.78 is 0. The SMILES string of the molecule is CNCC1CCC(Cl)C(Cl)C1. The predicted molar refractivity (Wildman–Crippen MR) is 50.5 cm³/mol. The average Bonchev–Trinajstić information content (AvgIpc) is 1.98. The molecule has 1 fully saturated rings. The lowest BCUT2D eigenvalue weighted by Gasteiger charge is -2.28. The van der Waals surface area contributed by atoms with Gasteiger partial charge in [-0.15, -0.1) is 23.2 Å². The Hall–Kier alpha value is 0.540. The van der Waals surface area contributed by atoms with Gasteiger partial charge >= 0.3 is 0 Å². The third kappa shape index (κ3) is 2.81. The lowest BCUT2D eigenvalue weighted by atomic mass is 9.88. The number of halogens is 2. The van der Waals surface area contributed by atoms with Gasteiger partial charge in [-0.05, 0) is 38.8 Å². The molecule has 0 saturated heterocycles. The molecule has 1 nitrogen and oxygen atoms in total. The first-order valence-corrected chi connectivity index (χ1v) is 5.04. The summed E-state index contributed by atoms with van der Waals surface area (Å²) in [6.45, 7) is 1.08. The van der Waals surface area contributed by atoms with E-state index in [2.05, 4.69) is 5.32 Å². The van der Waals surface area contributed by atoms with E-state index in [1.54, 1.807) is 0 Å². The third-order valence-electron chi connectivity index (χ3n) is 2.29. The highest BCUT2D eigenvalue weighted by Gasteiger charge is 2.26. The van der Waals surface area contributed by atoms with E-state index in [1.165, 1.54) is 6.42 Å². The van der Waals surface area contributed by atoms with E-state index in [0.29, 0.717) is 0 Å². The Balaban J connectivity index is 2.28. The van der Waals surface area contributed by atoms with Gasteiger partial charge in [-0.25, -0.2) is 0 Å². The second-order valence-electron chi connectivity index (χ2n) is 3.27. The van der Waals surface area contributed by atoms with E-state index >= 15 is 0 Å². The van der Waals surface area contributed by atoms with Crippen molar-refractivity contribution in [1.29, 1.82) is 0 Å². The molecule has 0 heterocycles. The van der Waals surface area contributed by atoms with Crippen LogP contribution < -0.4 is 5.32 Å². The van der Waals surface area contributed by atoms with Crippen molar-refractivity contribution in [3.63, 3.8) is 0 Å². The molecule has 3 heteroatoms. The summed E-state index contributed by atoms with van der Waals surface area (Å²) in [4.78, 5) is 0. The summed E-state index contributed by atoms with van der Waals surface area (Å²) in [7, 11) is 1.98. The molecule has 3 unspecified atom stereocenters. The van der Waals surface area contributed by atoms with Gasteiger partial charge in [-0.2, -0.15) is 0 Å². The van der Waals surface area contributed by atoms with Crippen LogP contribution in [0.2, 0.25) is 0 Å². The molecule has 0 aliphatic heterocycles. The van der Waals surface area contributed by atoms with Crippen LogP contribution in [-0.2, 0) is 0 Å². The van der Waals surface area contributed by atoms with Crippen molar-refractivity contribution in [3.8, 4) is 0 Å². The Morgan fingerprint density at radius 2 is 2.00 bits per heavy atom. The number of rotatable bonds is 2. The van der Waals surface area contributed by atoms with Gasteiger partial charge in [0, 0.05) is 5.38 Å². The van der Waals surface area contributed by atoms with Crippen molar-refractivity contribution in [2.75, 3.05) is 13.6 Å². The van der Waals surface area contributed by atoms with Gasteiger partial charge in [-0.3, -0.25) is 0 Å². The first-order chi connectivity index (χ1) is 5.24. The van der Waals surface area contributed by atoms with E-state index in [0.717, 1.165) is 25.3 Å². The van der Waals surface area contributed by atoms with Gasteiger partial charge in [0.05, 0.1) is 5.38 Å². The third-order valence-corrected chi connectivity index (χ3v) is 3.43. The molecular formula is C8H15Cl2N. The Morgan fingerprint density at radius 3 is 2.55 bits per heavy atom. The molecule has 1 aliphatic rings. The Bertz CT molecular complexity index is 119. The highest BCUT2D eigenvalue weighted by Crippen LogP contribution is 2.30. The summed E-state index contributed by atoms with van der Waals surface area (Å²) in [6.07, 6.45) is 3.36. The fourth-order valence-electron chi connectivity index (χ4n) is 1.63. The smallest absolute Gasteiger partial charge is 0.0502 e. The van der Waals surface area contributed by atoms with Gasteiger partial charge < -0.3 is 5.32 Å². The van der Waals surface area contributed by atoms with Gasteiger partial charge in [0.25, 0.3) is 0 Å². The van der Waals surface area contributed by atoms with Gasteiger partial charge in [0.2, 0.25) is 0 Å². The molecule has 11 heavy (non-hydrogen) atoms. The monoisotopic (exact) mass is 195 g/mol. The largest absolute Gasteiger partial charge is 0.319 e. The standard InChI is InChI=1S/C8H15Cl2N/c1-11-5-6-2-3-7(9)8(10)4-6/h6-8,11H,2-5H2,1H3. The highest BCUT2D eigenvalue weighted by atomic mass is 35.5. The minimum absolute atomic E-state index is 0.184. The van der Waals surface area contributed by atoms with E-state index in [9.17, 15) is 0 Å². The van der Waals surface area contributed by atoms with Crippen molar-refractivity contribution in [2.45, 2.75) is 30.0 Å². The zero-order chi connectivity index (χ0) is 8.27. The molecule has 0 aromatic carbocycles. The zero-order valence-corrected chi connectivity index (χ0v) is 8.33. The molecular weight excluding hydrogens is 181 g/mol. The van der Waals surface area contributed by atoms with Crippen molar-refractivity contribution < 1.29 is 0 Å². The fourth-order valence-corrected chi connectivity index (χ4v) is 2.24. The Morgan fingerprint density at radius 1 is 1.27 bits per heavy atom. The predicted octanol–water partition coefficient (Wildman–Crippen LogP) is 2.22. The number of hydrogen-bond donors (Lipinski definition) is 1. The van der Waals surface area contributed by atoms with E-state index < -0.39 is 0 Å². The Kier molecular flexibility index (Phi) is 3.97. The number of nitrogens with one attached hydrogen (secondary N) is 1. The first kappa shape index (κ1) is 9.63. The number of hydrogen-bond acceptors (Lipinski definition) is 1. The second kappa shape index (κ2) is 4.54. The minimum Gasteiger partial charge on any atom is -0.319 e. The fraction of sp³-hybridized carbons (Fsp3) is 1.00. The summed E-state index contributed by atoms with van der Waals surface area (Å²) >= 11 is 12.0. The summed E-state index contributed by atoms with van der Waals surface area (Å²) in [5.74, 6) is 0.734. The minimum atomic E-state index is 0.184. The second-order valence-corrected chi connectivity index (χ2v) is 4.39. The molecule has 0 amide bonds. The molecule has 1 saturated carbocycles. The first-order valence-electron chi connectivity index (χ1n) is 4.16. The lowest BCUT2D eigenvalue weighted by molar-refractivity contribution is 0.358. The van der Waals surface area contributed by atoms with E-state index in [1.807, 2.05) is 7.05 Å². The quantitative estimate of drug-likeness (QED) is 0.667. The van der Waals surface area contributed by atoms with Crippen LogP contribution in [0.25, 0.3) is 0 Å². The average molecular weight is 196 g/mol. The lowest BCUT2D eigenvalue weighted by Crippen LogP contribution is -2.31. The summed E-state index contributed by atoms with van der Waals surface area (Å²) in [5, 5.41) is 3.55. The topological polar surface area (TPSA) is 12.0 Å². The van der Waals surface area contributed by atoms with Crippen LogP contribution in [0.1, 0.15) is 19.3 Å². The molecule has 1 aliphatic carbocycles. The molecule has 0 radical (unpaired) electrons. The zero-order valence-electron chi connectivity index (χ0n) is 6.82. The van der Waals surface area contributed by atoms with E-state index in [4.69, 9.17) is 23.2 Å². The molecule has 66 valence electrons. The number of alkyl halides is 2. The van der Waals surface area contributed by atoms with Crippen LogP contribution in [-0.4, -0.2) is 24.3 Å². The normalized spacial score (nSPS) is 39.0. The molecule has 0 aromatic rings. The van der Waals surface area contributed by atoms with Crippen LogP contribution in [0.15, 0.2) is 0 Å². The van der Waals surface area contributed by atoms with Gasteiger partial charge in [-0.1, -0.05) is 0 Å². The maximum absolute atomic E-state index is 6.04. The van der Waals surface area contributed by atoms with Crippen LogP contribution in [0.3, 0.4) is 0 Å².